The van der Waals surface area contributed by atoms with E-state index in [-0.39, 0.29) is 12.6 Å². The summed E-state index contributed by atoms with van der Waals surface area (Å²) < 4.78 is 0. The van der Waals surface area contributed by atoms with Crippen LogP contribution < -0.4 is 5.32 Å². The molecule has 1 rings (SSSR count). The van der Waals surface area contributed by atoms with Crippen LogP contribution >= 0.6 is 0 Å². The molecule has 0 amide bonds. The zero-order chi connectivity index (χ0) is 9.14. The minimum Gasteiger partial charge on any atom is -0.478 e. The second kappa shape index (κ2) is 3.69. The van der Waals surface area contributed by atoms with Crippen LogP contribution in [0, 0.1) is 0 Å². The van der Waals surface area contributed by atoms with Crippen molar-refractivity contribution in [2.75, 3.05) is 13.2 Å². The maximum Gasteiger partial charge on any atom is 0.333 e. The van der Waals surface area contributed by atoms with E-state index in [4.69, 9.17) is 10.2 Å². The SMILES string of the molecule is CC(CO)=C(C(=O)O)C1CCN1. The van der Waals surface area contributed by atoms with Crippen molar-refractivity contribution in [3.8, 4) is 0 Å². The predicted octanol–water partition coefficient (Wildman–Crippen LogP) is -0.258. The molecule has 0 saturated carbocycles. The zero-order valence-corrected chi connectivity index (χ0v) is 7.00. The van der Waals surface area contributed by atoms with Crippen molar-refractivity contribution in [1.29, 1.82) is 0 Å². The van der Waals surface area contributed by atoms with E-state index in [2.05, 4.69) is 5.32 Å². The summed E-state index contributed by atoms with van der Waals surface area (Å²) in [5.41, 5.74) is 0.864. The first-order chi connectivity index (χ1) is 5.66. The lowest BCUT2D eigenvalue weighted by atomic mass is 9.94. The van der Waals surface area contributed by atoms with E-state index < -0.39 is 5.97 Å². The van der Waals surface area contributed by atoms with Crippen LogP contribution in [0.3, 0.4) is 0 Å². The van der Waals surface area contributed by atoms with Crippen molar-refractivity contribution in [2.45, 2.75) is 19.4 Å². The molecule has 1 fully saturated rings. The first kappa shape index (κ1) is 9.22. The van der Waals surface area contributed by atoms with Crippen LogP contribution in [0.15, 0.2) is 11.1 Å². The van der Waals surface area contributed by atoms with Crippen molar-refractivity contribution in [2.24, 2.45) is 0 Å². The highest BCUT2D eigenvalue weighted by atomic mass is 16.4. The van der Waals surface area contributed by atoms with E-state index in [1.54, 1.807) is 6.92 Å². The number of hydrogen-bond acceptors (Lipinski definition) is 3. The van der Waals surface area contributed by atoms with E-state index in [0.29, 0.717) is 11.1 Å². The molecule has 0 aromatic rings. The van der Waals surface area contributed by atoms with Gasteiger partial charge in [-0.05, 0) is 25.5 Å². The predicted molar refractivity (Wildman–Crippen MR) is 43.8 cm³/mol. The van der Waals surface area contributed by atoms with Crippen molar-refractivity contribution < 1.29 is 15.0 Å². The van der Waals surface area contributed by atoms with Crippen molar-refractivity contribution in [1.82, 2.24) is 5.32 Å². The Labute approximate surface area is 70.9 Å². The lowest BCUT2D eigenvalue weighted by Gasteiger charge is -2.29. The number of aliphatic hydroxyl groups is 1. The van der Waals surface area contributed by atoms with Gasteiger partial charge in [0, 0.05) is 6.04 Å². The molecule has 1 heterocycles. The van der Waals surface area contributed by atoms with Gasteiger partial charge >= 0.3 is 5.97 Å². The summed E-state index contributed by atoms with van der Waals surface area (Å²) in [4.78, 5) is 10.7. The Morgan fingerprint density at radius 3 is 2.50 bits per heavy atom. The van der Waals surface area contributed by atoms with Crippen LogP contribution in [-0.4, -0.2) is 35.4 Å². The maximum atomic E-state index is 10.7. The summed E-state index contributed by atoms with van der Waals surface area (Å²) in [5, 5.41) is 20.6. The lowest BCUT2D eigenvalue weighted by Crippen LogP contribution is -2.46. The highest BCUT2D eigenvalue weighted by Crippen LogP contribution is 2.17. The van der Waals surface area contributed by atoms with Crippen LogP contribution in [0.2, 0.25) is 0 Å². The van der Waals surface area contributed by atoms with Crippen molar-refractivity contribution in [3.05, 3.63) is 11.1 Å². The second-order valence-electron chi connectivity index (χ2n) is 2.95. The topological polar surface area (TPSA) is 69.6 Å². The monoisotopic (exact) mass is 171 g/mol. The number of carboxylic acid groups (broad SMARTS) is 1. The highest BCUT2D eigenvalue weighted by Gasteiger charge is 2.27. The second-order valence-corrected chi connectivity index (χ2v) is 2.95. The Morgan fingerprint density at radius 2 is 2.25 bits per heavy atom. The largest absolute Gasteiger partial charge is 0.478 e. The van der Waals surface area contributed by atoms with Gasteiger partial charge in [0.25, 0.3) is 0 Å². The van der Waals surface area contributed by atoms with Gasteiger partial charge in [-0.2, -0.15) is 0 Å². The Hall–Kier alpha value is -0.870. The number of aliphatic carboxylic acids is 1. The van der Waals surface area contributed by atoms with Gasteiger partial charge in [0.05, 0.1) is 12.2 Å². The molecule has 1 aliphatic rings. The normalized spacial score (nSPS) is 24.3. The number of rotatable bonds is 3. The fourth-order valence-electron chi connectivity index (χ4n) is 1.25. The van der Waals surface area contributed by atoms with Crippen LogP contribution in [0.5, 0.6) is 0 Å². The van der Waals surface area contributed by atoms with Crippen molar-refractivity contribution in [3.63, 3.8) is 0 Å². The molecule has 12 heavy (non-hydrogen) atoms. The molecule has 1 atom stereocenters. The third-order valence-corrected chi connectivity index (χ3v) is 2.10. The molecule has 0 spiro atoms. The van der Waals surface area contributed by atoms with Gasteiger partial charge in [-0.3, -0.25) is 0 Å². The van der Waals surface area contributed by atoms with Crippen LogP contribution in [0.1, 0.15) is 13.3 Å². The van der Waals surface area contributed by atoms with E-state index in [9.17, 15) is 4.79 Å². The molecule has 0 aromatic heterocycles. The van der Waals surface area contributed by atoms with E-state index in [1.807, 2.05) is 0 Å². The summed E-state index contributed by atoms with van der Waals surface area (Å²) in [7, 11) is 0. The average molecular weight is 171 g/mol. The summed E-state index contributed by atoms with van der Waals surface area (Å²) in [5.74, 6) is -0.932. The number of carbonyl (C=O) groups is 1. The minimum absolute atomic E-state index is 0.0605. The molecule has 1 saturated heterocycles. The van der Waals surface area contributed by atoms with E-state index >= 15 is 0 Å². The molecule has 4 nitrogen and oxygen atoms in total. The van der Waals surface area contributed by atoms with E-state index in [1.165, 1.54) is 0 Å². The fourth-order valence-corrected chi connectivity index (χ4v) is 1.25. The Balaban J connectivity index is 2.79. The molecule has 68 valence electrons. The quantitative estimate of drug-likeness (QED) is 0.512. The molecule has 1 unspecified atom stereocenters. The molecular formula is C8H13NO3. The van der Waals surface area contributed by atoms with Crippen molar-refractivity contribution >= 4 is 5.97 Å². The molecule has 3 N–H and O–H groups in total. The molecule has 1 aliphatic heterocycles. The number of nitrogens with one attached hydrogen (secondary N) is 1. The molecule has 0 radical (unpaired) electrons. The Morgan fingerprint density at radius 1 is 1.67 bits per heavy atom. The van der Waals surface area contributed by atoms with E-state index in [0.717, 1.165) is 13.0 Å². The van der Waals surface area contributed by atoms with Gasteiger partial charge < -0.3 is 15.5 Å². The lowest BCUT2D eigenvalue weighted by molar-refractivity contribution is -0.133. The van der Waals surface area contributed by atoms with Crippen LogP contribution in [0.25, 0.3) is 0 Å². The summed E-state index contributed by atoms with van der Waals surface area (Å²) in [6, 6.07) is -0.0605. The molecule has 0 aliphatic carbocycles. The standard InChI is InChI=1S/C8H13NO3/c1-5(4-10)7(8(11)12)6-2-3-9-6/h6,9-10H,2-4H2,1H3,(H,11,12). The number of aliphatic hydroxyl groups excluding tert-OH is 1. The Bertz CT molecular complexity index is 218. The molecule has 0 aromatic carbocycles. The maximum absolute atomic E-state index is 10.7. The van der Waals surface area contributed by atoms with Crippen LogP contribution in [-0.2, 0) is 4.79 Å². The Kier molecular flexibility index (Phi) is 2.83. The smallest absolute Gasteiger partial charge is 0.333 e. The van der Waals surface area contributed by atoms with Gasteiger partial charge in [0.15, 0.2) is 0 Å². The first-order valence-corrected chi connectivity index (χ1v) is 3.94. The third-order valence-electron chi connectivity index (χ3n) is 2.10. The summed E-state index contributed by atoms with van der Waals surface area (Å²) in [6.45, 7) is 2.32. The summed E-state index contributed by atoms with van der Waals surface area (Å²) in [6.07, 6.45) is 0.846. The molecule has 4 heteroatoms. The average Bonchev–Trinajstić information content (AvgIpc) is 1.94. The summed E-state index contributed by atoms with van der Waals surface area (Å²) >= 11 is 0. The highest BCUT2D eigenvalue weighted by molar-refractivity contribution is 5.89. The third kappa shape index (κ3) is 1.65. The van der Waals surface area contributed by atoms with Gasteiger partial charge in [0.1, 0.15) is 0 Å². The number of hydrogen-bond donors (Lipinski definition) is 3. The first-order valence-electron chi connectivity index (χ1n) is 3.94. The van der Waals surface area contributed by atoms with Gasteiger partial charge in [-0.1, -0.05) is 0 Å². The fraction of sp³-hybridized carbons (Fsp3) is 0.625. The molecular weight excluding hydrogens is 158 g/mol. The minimum atomic E-state index is -0.932. The number of carboxylic acids is 1. The van der Waals surface area contributed by atoms with Gasteiger partial charge in [-0.15, -0.1) is 0 Å². The van der Waals surface area contributed by atoms with Crippen LogP contribution in [0.4, 0.5) is 0 Å². The molecule has 0 bridgehead atoms. The zero-order valence-electron chi connectivity index (χ0n) is 7.00. The van der Waals surface area contributed by atoms with Gasteiger partial charge in [0.2, 0.25) is 0 Å². The van der Waals surface area contributed by atoms with Gasteiger partial charge in [-0.25, -0.2) is 4.79 Å².